The van der Waals surface area contributed by atoms with Crippen molar-refractivity contribution in [1.29, 1.82) is 0 Å². The van der Waals surface area contributed by atoms with Crippen LogP contribution in [-0.4, -0.2) is 18.5 Å². The van der Waals surface area contributed by atoms with Crippen molar-refractivity contribution in [2.75, 3.05) is 0 Å². The third-order valence-electron chi connectivity index (χ3n) is 2.08. The summed E-state index contributed by atoms with van der Waals surface area (Å²) in [4.78, 5) is 0. The van der Waals surface area contributed by atoms with Crippen LogP contribution in [-0.2, 0) is 9.47 Å². The van der Waals surface area contributed by atoms with E-state index in [0.29, 0.717) is 12.2 Å². The summed E-state index contributed by atoms with van der Waals surface area (Å²) in [5, 5.41) is 0. The largest absolute Gasteiger partial charge is 0.349 e. The number of hydrogen-bond acceptors (Lipinski definition) is 2. The minimum absolute atomic E-state index is 0.0451. The van der Waals surface area contributed by atoms with Gasteiger partial charge in [0.2, 0.25) is 0 Å². The molecule has 2 heteroatoms. The molecular formula is C10H20O2. The van der Waals surface area contributed by atoms with E-state index in [9.17, 15) is 0 Å². The van der Waals surface area contributed by atoms with E-state index < -0.39 is 0 Å². The van der Waals surface area contributed by atoms with Crippen LogP contribution in [0, 0.1) is 5.41 Å². The molecule has 1 saturated heterocycles. The molecule has 1 rings (SSSR count). The van der Waals surface area contributed by atoms with E-state index in [4.69, 9.17) is 9.47 Å². The molecule has 2 nitrogen and oxygen atoms in total. The van der Waals surface area contributed by atoms with Crippen LogP contribution in [0.3, 0.4) is 0 Å². The summed E-state index contributed by atoms with van der Waals surface area (Å²) in [6, 6.07) is 0. The van der Waals surface area contributed by atoms with Crippen LogP contribution in [0.1, 0.15) is 41.0 Å². The highest BCUT2D eigenvalue weighted by Gasteiger charge is 2.33. The fourth-order valence-corrected chi connectivity index (χ4v) is 1.44. The molecule has 2 atom stereocenters. The summed E-state index contributed by atoms with van der Waals surface area (Å²) in [6.07, 6.45) is 1.62. The van der Waals surface area contributed by atoms with Crippen LogP contribution in [0.25, 0.3) is 0 Å². The molecule has 1 fully saturated rings. The maximum Gasteiger partial charge on any atom is 0.163 e. The number of ether oxygens (including phenoxy) is 2. The zero-order valence-corrected chi connectivity index (χ0v) is 8.76. The Bertz CT molecular complexity index is 138. The lowest BCUT2D eigenvalue weighted by molar-refractivity contribution is -0.271. The Morgan fingerprint density at radius 1 is 1.00 bits per heavy atom. The lowest BCUT2D eigenvalue weighted by atomic mass is 9.94. The Morgan fingerprint density at radius 2 is 1.42 bits per heavy atom. The highest BCUT2D eigenvalue weighted by Crippen LogP contribution is 2.30. The van der Waals surface area contributed by atoms with E-state index in [1.54, 1.807) is 0 Å². The minimum atomic E-state index is -0.0451. The highest BCUT2D eigenvalue weighted by molar-refractivity contribution is 4.74. The molecule has 0 aromatic rings. The zero-order chi connectivity index (χ0) is 9.35. The van der Waals surface area contributed by atoms with Crippen molar-refractivity contribution >= 4 is 0 Å². The third-order valence-corrected chi connectivity index (χ3v) is 2.08. The molecule has 72 valence electrons. The maximum atomic E-state index is 5.70. The molecule has 1 aliphatic rings. The lowest BCUT2D eigenvalue weighted by Gasteiger charge is -2.39. The smallest absolute Gasteiger partial charge is 0.163 e. The fourth-order valence-electron chi connectivity index (χ4n) is 1.44. The van der Waals surface area contributed by atoms with E-state index in [0.717, 1.165) is 6.42 Å². The molecule has 12 heavy (non-hydrogen) atoms. The average Bonchev–Trinajstić information content (AvgIpc) is 1.82. The number of hydrogen-bond donors (Lipinski definition) is 0. The van der Waals surface area contributed by atoms with Crippen LogP contribution >= 0.6 is 0 Å². The summed E-state index contributed by atoms with van der Waals surface area (Å²) < 4.78 is 11.4. The molecule has 0 spiro atoms. The molecule has 0 radical (unpaired) electrons. The quantitative estimate of drug-likeness (QED) is 0.559. The molecule has 1 aliphatic heterocycles. The van der Waals surface area contributed by atoms with Crippen molar-refractivity contribution in [1.82, 2.24) is 0 Å². The first-order valence-corrected chi connectivity index (χ1v) is 4.70. The second-order valence-corrected chi connectivity index (χ2v) is 4.83. The van der Waals surface area contributed by atoms with Crippen molar-refractivity contribution in [2.24, 2.45) is 5.41 Å². The first-order chi connectivity index (χ1) is 5.39. The normalized spacial score (nSPS) is 38.2. The predicted octanol–water partition coefficient (Wildman–Crippen LogP) is 2.57. The Hall–Kier alpha value is -0.0800. The van der Waals surface area contributed by atoms with E-state index in [1.165, 1.54) is 0 Å². The van der Waals surface area contributed by atoms with Gasteiger partial charge in [-0.05, 0) is 20.3 Å². The Balaban J connectivity index is 2.55. The second-order valence-electron chi connectivity index (χ2n) is 4.83. The minimum Gasteiger partial charge on any atom is -0.349 e. The molecule has 0 bridgehead atoms. The van der Waals surface area contributed by atoms with Gasteiger partial charge in [-0.1, -0.05) is 20.8 Å². The molecule has 2 unspecified atom stereocenters. The highest BCUT2D eigenvalue weighted by atomic mass is 16.7. The fraction of sp³-hybridized carbons (Fsp3) is 1.00. The molecule has 0 saturated carbocycles. The van der Waals surface area contributed by atoms with Gasteiger partial charge in [0.05, 0.1) is 12.2 Å². The van der Waals surface area contributed by atoms with E-state index in [-0.39, 0.29) is 11.7 Å². The van der Waals surface area contributed by atoms with Crippen molar-refractivity contribution in [3.05, 3.63) is 0 Å². The van der Waals surface area contributed by atoms with Gasteiger partial charge >= 0.3 is 0 Å². The van der Waals surface area contributed by atoms with Gasteiger partial charge in [0.15, 0.2) is 6.29 Å². The van der Waals surface area contributed by atoms with Gasteiger partial charge in [-0.3, -0.25) is 0 Å². The van der Waals surface area contributed by atoms with Gasteiger partial charge in [0, 0.05) is 5.41 Å². The van der Waals surface area contributed by atoms with Crippen LogP contribution in [0.15, 0.2) is 0 Å². The predicted molar refractivity (Wildman–Crippen MR) is 49.0 cm³/mol. The van der Waals surface area contributed by atoms with E-state index in [1.807, 2.05) is 0 Å². The summed E-state index contributed by atoms with van der Waals surface area (Å²) in [5.74, 6) is 0. The first kappa shape index (κ1) is 10.0. The van der Waals surface area contributed by atoms with Crippen molar-refractivity contribution in [3.63, 3.8) is 0 Å². The van der Waals surface area contributed by atoms with E-state index in [2.05, 4.69) is 34.6 Å². The standard InChI is InChI=1S/C10H20O2/c1-7-6-8(2)12-9(11-7)10(3,4)5/h7-9H,6H2,1-5H3. The lowest BCUT2D eigenvalue weighted by Crippen LogP contribution is -2.42. The first-order valence-electron chi connectivity index (χ1n) is 4.70. The van der Waals surface area contributed by atoms with E-state index >= 15 is 0 Å². The molecule has 0 aromatic carbocycles. The van der Waals surface area contributed by atoms with Gasteiger partial charge in [0.1, 0.15) is 0 Å². The summed E-state index contributed by atoms with van der Waals surface area (Å²) >= 11 is 0. The van der Waals surface area contributed by atoms with Gasteiger partial charge in [-0.15, -0.1) is 0 Å². The van der Waals surface area contributed by atoms with Crippen LogP contribution < -0.4 is 0 Å². The number of rotatable bonds is 0. The van der Waals surface area contributed by atoms with Crippen molar-refractivity contribution in [3.8, 4) is 0 Å². The zero-order valence-electron chi connectivity index (χ0n) is 8.76. The second kappa shape index (κ2) is 3.35. The SMILES string of the molecule is CC1CC(C)OC(C(C)(C)C)O1. The summed E-state index contributed by atoms with van der Waals surface area (Å²) in [5.41, 5.74) is 0.0862. The monoisotopic (exact) mass is 172 g/mol. The Morgan fingerprint density at radius 3 is 1.75 bits per heavy atom. The summed E-state index contributed by atoms with van der Waals surface area (Å²) in [6.45, 7) is 10.6. The molecule has 0 aliphatic carbocycles. The maximum absolute atomic E-state index is 5.70. The average molecular weight is 172 g/mol. The summed E-state index contributed by atoms with van der Waals surface area (Å²) in [7, 11) is 0. The van der Waals surface area contributed by atoms with Crippen molar-refractivity contribution in [2.45, 2.75) is 59.5 Å². The van der Waals surface area contributed by atoms with Gasteiger partial charge in [0.25, 0.3) is 0 Å². The molecule has 1 heterocycles. The van der Waals surface area contributed by atoms with Crippen molar-refractivity contribution < 1.29 is 9.47 Å². The Kier molecular flexibility index (Phi) is 2.79. The topological polar surface area (TPSA) is 18.5 Å². The van der Waals surface area contributed by atoms with Gasteiger partial charge in [-0.2, -0.15) is 0 Å². The van der Waals surface area contributed by atoms with Gasteiger partial charge < -0.3 is 9.47 Å². The van der Waals surface area contributed by atoms with Gasteiger partial charge in [-0.25, -0.2) is 0 Å². The molecule has 0 aromatic heterocycles. The molecule has 0 N–H and O–H groups in total. The molecular weight excluding hydrogens is 152 g/mol. The van der Waals surface area contributed by atoms with Crippen LogP contribution in [0.4, 0.5) is 0 Å². The van der Waals surface area contributed by atoms with Crippen LogP contribution in [0.5, 0.6) is 0 Å². The van der Waals surface area contributed by atoms with Crippen LogP contribution in [0.2, 0.25) is 0 Å². The third kappa shape index (κ3) is 2.46. The molecule has 0 amide bonds. The Labute approximate surface area is 75.2 Å².